The number of nitrogens with zero attached hydrogens (tertiary/aromatic N) is 2. The van der Waals surface area contributed by atoms with E-state index in [1.807, 2.05) is 0 Å². The van der Waals surface area contributed by atoms with Crippen molar-refractivity contribution >= 4 is 49.9 Å². The van der Waals surface area contributed by atoms with Crippen molar-refractivity contribution in [1.29, 1.82) is 0 Å². The molecule has 0 aromatic heterocycles. The maximum Gasteiger partial charge on any atom is 0.316 e. The van der Waals surface area contributed by atoms with Gasteiger partial charge in [0.05, 0.1) is 0 Å². The van der Waals surface area contributed by atoms with Gasteiger partial charge in [0.15, 0.2) is 8.32 Å². The second-order valence-electron chi connectivity index (χ2n) is 12.5. The van der Waals surface area contributed by atoms with Gasteiger partial charge in [0.25, 0.3) is 0 Å². The summed E-state index contributed by atoms with van der Waals surface area (Å²) in [6, 6.07) is 0. The van der Waals surface area contributed by atoms with Crippen LogP contribution in [0.15, 0.2) is 0 Å². The minimum absolute atomic E-state index is 1.52. The van der Waals surface area contributed by atoms with Crippen LogP contribution in [0.25, 0.3) is 0 Å². The SMILES string of the molecule is C[Si](C)(C)O[Si](C)(N([Si](C)(C)C)[Si](C)(C)C)N([Si](C)(C)C)[Si](C)(C)C. The zero-order chi connectivity index (χ0) is 20.9. The van der Waals surface area contributed by atoms with E-state index < -0.39 is 49.9 Å². The van der Waals surface area contributed by atoms with Crippen molar-refractivity contribution in [2.45, 2.75) is 105 Å². The molecule has 9 heteroatoms. The summed E-state index contributed by atoms with van der Waals surface area (Å²) in [6.07, 6.45) is 0. The summed E-state index contributed by atoms with van der Waals surface area (Å²) in [7, 11) is -9.96. The van der Waals surface area contributed by atoms with Crippen LogP contribution in [0.3, 0.4) is 0 Å². The Balaban J connectivity index is 6.84. The second kappa shape index (κ2) is 7.54. The molecule has 25 heavy (non-hydrogen) atoms. The molecule has 0 aromatic carbocycles. The quantitative estimate of drug-likeness (QED) is 0.399. The average molecular weight is 453 g/mol. The third-order valence-electron chi connectivity index (χ3n) is 4.01. The Morgan fingerprint density at radius 1 is 0.400 bits per heavy atom. The fourth-order valence-electron chi connectivity index (χ4n) is 5.27. The molecule has 0 unspecified atom stereocenters. The van der Waals surface area contributed by atoms with E-state index in [2.05, 4.69) is 113 Å². The summed E-state index contributed by atoms with van der Waals surface area (Å²) in [5, 5.41) is 0. The lowest BCUT2D eigenvalue weighted by Crippen LogP contribution is -2.85. The number of hydrogen-bond donors (Lipinski definition) is 0. The lowest BCUT2D eigenvalue weighted by molar-refractivity contribution is 0.451. The van der Waals surface area contributed by atoms with E-state index in [0.29, 0.717) is 0 Å². The van der Waals surface area contributed by atoms with Gasteiger partial charge in [-0.25, -0.2) is 0 Å². The highest BCUT2D eigenvalue weighted by molar-refractivity contribution is 7.11. The minimum atomic E-state index is -2.21. The van der Waals surface area contributed by atoms with E-state index in [1.54, 1.807) is 0 Å². The van der Waals surface area contributed by atoms with Crippen LogP contribution in [0.4, 0.5) is 0 Å². The van der Waals surface area contributed by atoms with Crippen LogP contribution < -0.4 is 0 Å². The molecule has 0 atom stereocenters. The highest BCUT2D eigenvalue weighted by Gasteiger charge is 2.59. The van der Waals surface area contributed by atoms with Gasteiger partial charge < -0.3 is 11.9 Å². The van der Waals surface area contributed by atoms with Crippen LogP contribution in [-0.4, -0.2) is 57.7 Å². The van der Waals surface area contributed by atoms with E-state index in [1.165, 1.54) is 0 Å². The van der Waals surface area contributed by atoms with Crippen molar-refractivity contribution in [3.8, 4) is 0 Å². The first kappa shape index (κ1) is 26.2. The fraction of sp³-hybridized carbons (Fsp3) is 1.00. The molecule has 0 amide bonds. The Bertz CT molecular complexity index is 392. The third kappa shape index (κ3) is 7.26. The average Bonchev–Trinajstić information content (AvgIpc) is 1.98. The van der Waals surface area contributed by atoms with E-state index in [4.69, 9.17) is 4.12 Å². The van der Waals surface area contributed by atoms with Crippen LogP contribution >= 0.6 is 0 Å². The smallest absolute Gasteiger partial charge is 0.316 e. The fourth-order valence-corrected chi connectivity index (χ4v) is 50.9. The number of rotatable bonds is 8. The van der Waals surface area contributed by atoms with Gasteiger partial charge in [-0.1, -0.05) is 78.6 Å². The van der Waals surface area contributed by atoms with Crippen molar-refractivity contribution in [3.05, 3.63) is 0 Å². The van der Waals surface area contributed by atoms with Crippen LogP contribution in [0, 0.1) is 0 Å². The van der Waals surface area contributed by atoms with Crippen molar-refractivity contribution in [2.75, 3.05) is 0 Å². The Hall–Kier alpha value is 1.18. The van der Waals surface area contributed by atoms with Crippen LogP contribution in [0.1, 0.15) is 0 Å². The standard InChI is InChI=1S/C16H48N2OSi6/c1-20(2,3)17(21(4,5)6)25(16,19-24(13,14)15)18(22(7,8)9)23(10,11)12/h1-16H3. The predicted octanol–water partition coefficient (Wildman–Crippen LogP) is 6.35. The van der Waals surface area contributed by atoms with Gasteiger partial charge >= 0.3 is 8.64 Å². The van der Waals surface area contributed by atoms with Gasteiger partial charge in [0.1, 0.15) is 32.9 Å². The second-order valence-corrected chi connectivity index (χ2v) is 42.1. The van der Waals surface area contributed by atoms with Gasteiger partial charge in [0.2, 0.25) is 0 Å². The van der Waals surface area contributed by atoms with Gasteiger partial charge in [-0.2, -0.15) is 0 Å². The Morgan fingerprint density at radius 2 is 0.600 bits per heavy atom. The molecule has 0 aliphatic rings. The summed E-state index contributed by atoms with van der Waals surface area (Å²) in [5.41, 5.74) is 0. The molecule has 0 aromatic rings. The topological polar surface area (TPSA) is 15.7 Å². The molecule has 0 aliphatic carbocycles. The molecule has 0 radical (unpaired) electrons. The molecule has 0 fully saturated rings. The molecule has 0 saturated carbocycles. The molecule has 152 valence electrons. The molecule has 0 saturated heterocycles. The summed E-state index contributed by atoms with van der Waals surface area (Å²) < 4.78 is 13.4. The van der Waals surface area contributed by atoms with Gasteiger partial charge in [-0.3, -0.25) is 0 Å². The van der Waals surface area contributed by atoms with E-state index in [0.717, 1.165) is 0 Å². The Morgan fingerprint density at radius 3 is 0.720 bits per heavy atom. The Kier molecular flexibility index (Phi) is 7.90. The summed E-state index contributed by atoms with van der Waals surface area (Å²) in [6.45, 7) is 40.2. The molecule has 3 nitrogen and oxygen atoms in total. The highest BCUT2D eigenvalue weighted by Crippen LogP contribution is 2.38. The first-order valence-electron chi connectivity index (χ1n) is 9.75. The van der Waals surface area contributed by atoms with Crippen LogP contribution in [0.2, 0.25) is 105 Å². The molecule has 0 bridgehead atoms. The largest absolute Gasteiger partial charge is 0.435 e. The van der Waals surface area contributed by atoms with Crippen molar-refractivity contribution in [2.24, 2.45) is 0 Å². The molecule has 0 aliphatic heterocycles. The first-order chi connectivity index (χ1) is 10.4. The molecular weight excluding hydrogens is 405 g/mol. The van der Waals surface area contributed by atoms with Crippen molar-refractivity contribution in [1.82, 2.24) is 7.79 Å². The number of hydrogen-bond acceptors (Lipinski definition) is 3. The maximum atomic E-state index is 7.32. The maximum absolute atomic E-state index is 7.32. The lowest BCUT2D eigenvalue weighted by Gasteiger charge is -2.63. The van der Waals surface area contributed by atoms with E-state index in [9.17, 15) is 0 Å². The Labute approximate surface area is 166 Å². The summed E-state index contributed by atoms with van der Waals surface area (Å²) in [5.74, 6) is 0. The van der Waals surface area contributed by atoms with Gasteiger partial charge in [0, 0.05) is 0 Å². The zero-order valence-electron chi connectivity index (χ0n) is 20.3. The van der Waals surface area contributed by atoms with Gasteiger partial charge in [-0.05, 0) is 26.2 Å². The molecule has 0 spiro atoms. The molecular formula is C16H48N2OSi6. The summed E-state index contributed by atoms with van der Waals surface area (Å²) >= 11 is 0. The highest BCUT2D eigenvalue weighted by atomic mass is 28.5. The molecule has 0 rings (SSSR count). The van der Waals surface area contributed by atoms with E-state index in [-0.39, 0.29) is 0 Å². The minimum Gasteiger partial charge on any atom is -0.435 e. The van der Waals surface area contributed by atoms with Crippen molar-refractivity contribution < 1.29 is 4.12 Å². The molecule has 0 heterocycles. The van der Waals surface area contributed by atoms with Crippen LogP contribution in [-0.2, 0) is 4.12 Å². The first-order valence-corrected chi connectivity index (χ1v) is 29.2. The summed E-state index contributed by atoms with van der Waals surface area (Å²) in [4.78, 5) is 0. The predicted molar refractivity (Wildman–Crippen MR) is 133 cm³/mol. The van der Waals surface area contributed by atoms with Gasteiger partial charge in [-0.15, -0.1) is 0 Å². The van der Waals surface area contributed by atoms with Crippen molar-refractivity contribution in [3.63, 3.8) is 0 Å². The molecule has 0 N–H and O–H groups in total. The van der Waals surface area contributed by atoms with E-state index >= 15 is 0 Å². The van der Waals surface area contributed by atoms with Crippen LogP contribution in [0.5, 0.6) is 0 Å². The zero-order valence-corrected chi connectivity index (χ0v) is 26.3. The third-order valence-corrected chi connectivity index (χ3v) is 36.1. The normalized spacial score (nSPS) is 16.1. The monoisotopic (exact) mass is 452 g/mol. The lowest BCUT2D eigenvalue weighted by atomic mass is 11.8.